The van der Waals surface area contributed by atoms with Gasteiger partial charge in [-0.1, -0.05) is 12.1 Å². The zero-order valence-corrected chi connectivity index (χ0v) is 14.9. The molecule has 0 radical (unpaired) electrons. The Morgan fingerprint density at radius 2 is 2.04 bits per heavy atom. The second-order valence-electron chi connectivity index (χ2n) is 6.79. The molecule has 0 saturated carbocycles. The maximum Gasteiger partial charge on any atom is 0.225 e. The number of halogens is 1. The van der Waals surface area contributed by atoms with Crippen molar-refractivity contribution >= 4 is 5.91 Å². The van der Waals surface area contributed by atoms with Crippen molar-refractivity contribution in [1.82, 2.24) is 25.0 Å². The number of aryl methyl sites for hydroxylation is 3. The fourth-order valence-corrected chi connectivity index (χ4v) is 3.59. The normalized spacial score (nSPS) is 13.5. The summed E-state index contributed by atoms with van der Waals surface area (Å²) < 4.78 is 15.7. The summed E-state index contributed by atoms with van der Waals surface area (Å²) in [4.78, 5) is 15.7. The van der Waals surface area contributed by atoms with Gasteiger partial charge in [0.25, 0.3) is 0 Å². The number of hydrogen-bond donors (Lipinski definition) is 2. The minimum atomic E-state index is -0.520. The monoisotopic (exact) mass is 368 g/mol. The van der Waals surface area contributed by atoms with Crippen molar-refractivity contribution in [2.45, 2.75) is 44.9 Å². The van der Waals surface area contributed by atoms with Gasteiger partial charge >= 0.3 is 0 Å². The van der Waals surface area contributed by atoms with E-state index < -0.39 is 11.7 Å². The molecule has 1 aliphatic rings. The third kappa shape index (κ3) is 3.60. The number of hydrogen-bond acceptors (Lipinski definition) is 4. The number of para-hydroxylation sites is 1. The summed E-state index contributed by atoms with van der Waals surface area (Å²) in [6.45, 7) is 0. The van der Waals surface area contributed by atoms with Crippen LogP contribution in [0.2, 0.25) is 0 Å². The molecule has 0 spiro atoms. The van der Waals surface area contributed by atoms with E-state index in [0.717, 1.165) is 18.5 Å². The maximum absolute atomic E-state index is 14.3. The van der Waals surface area contributed by atoms with Crippen LogP contribution in [0.3, 0.4) is 0 Å². The first-order chi connectivity index (χ1) is 13.1. The summed E-state index contributed by atoms with van der Waals surface area (Å²) in [5, 5.41) is 11.9. The molecule has 8 heteroatoms. The molecule has 0 fully saturated rings. The number of nitrogens with zero attached hydrogens (tertiary/aromatic N) is 4. The fraction of sp³-hybridized carbons (Fsp3) is 0.368. The van der Waals surface area contributed by atoms with Crippen molar-refractivity contribution < 1.29 is 9.18 Å². The van der Waals surface area contributed by atoms with Crippen molar-refractivity contribution in [1.29, 1.82) is 0 Å². The first-order valence-electron chi connectivity index (χ1n) is 9.15. The van der Waals surface area contributed by atoms with Gasteiger partial charge in [-0.3, -0.25) is 9.89 Å². The molecule has 27 heavy (non-hydrogen) atoms. The predicted molar refractivity (Wildman–Crippen MR) is 96.9 cm³/mol. The Morgan fingerprint density at radius 1 is 1.22 bits per heavy atom. The Kier molecular flexibility index (Phi) is 4.70. The van der Waals surface area contributed by atoms with E-state index in [1.54, 1.807) is 18.2 Å². The Morgan fingerprint density at radius 3 is 2.85 bits per heavy atom. The summed E-state index contributed by atoms with van der Waals surface area (Å²) in [5.74, 6) is -0.0336. The topological polar surface area (TPSA) is 102 Å². The van der Waals surface area contributed by atoms with Crippen LogP contribution in [-0.4, -0.2) is 30.9 Å². The molecule has 3 aromatic rings. The summed E-state index contributed by atoms with van der Waals surface area (Å²) in [5.41, 5.74) is 9.13. The number of primary amides is 1. The molecule has 3 N–H and O–H groups in total. The van der Waals surface area contributed by atoms with E-state index >= 15 is 0 Å². The van der Waals surface area contributed by atoms with Crippen LogP contribution in [-0.2, 0) is 36.9 Å². The van der Waals surface area contributed by atoms with Crippen molar-refractivity contribution in [3.05, 3.63) is 58.7 Å². The quantitative estimate of drug-likeness (QED) is 0.693. The SMILES string of the molecule is NC(=O)Cc1nc(CCc2n[nH]c3c2CCCC3)n(-c2ccccc2F)n1. The van der Waals surface area contributed by atoms with Gasteiger partial charge in [-0.05, 0) is 49.8 Å². The lowest BCUT2D eigenvalue weighted by Crippen LogP contribution is -2.14. The van der Waals surface area contributed by atoms with Gasteiger partial charge in [0.1, 0.15) is 17.3 Å². The van der Waals surface area contributed by atoms with Gasteiger partial charge in [0.05, 0.1) is 12.1 Å². The molecule has 7 nitrogen and oxygen atoms in total. The Bertz CT molecular complexity index is 976. The Hall–Kier alpha value is -3.03. The zero-order chi connectivity index (χ0) is 18.8. The van der Waals surface area contributed by atoms with E-state index in [-0.39, 0.29) is 6.42 Å². The summed E-state index contributed by atoms with van der Waals surface area (Å²) in [7, 11) is 0. The lowest BCUT2D eigenvalue weighted by Gasteiger charge is -2.11. The average molecular weight is 368 g/mol. The van der Waals surface area contributed by atoms with Crippen molar-refractivity contribution in [2.24, 2.45) is 5.73 Å². The zero-order valence-electron chi connectivity index (χ0n) is 14.9. The van der Waals surface area contributed by atoms with E-state index in [2.05, 4.69) is 20.3 Å². The highest BCUT2D eigenvalue weighted by molar-refractivity contribution is 5.75. The molecule has 1 amide bonds. The van der Waals surface area contributed by atoms with E-state index in [9.17, 15) is 9.18 Å². The molecule has 1 aliphatic carbocycles. The highest BCUT2D eigenvalue weighted by Crippen LogP contribution is 2.23. The maximum atomic E-state index is 14.3. The van der Waals surface area contributed by atoms with E-state index in [1.165, 1.54) is 34.8 Å². The number of nitrogens with one attached hydrogen (secondary N) is 1. The molecule has 0 unspecified atom stereocenters. The number of nitrogens with two attached hydrogens (primary N) is 1. The molecule has 0 aliphatic heterocycles. The van der Waals surface area contributed by atoms with Gasteiger partial charge in [0.2, 0.25) is 5.91 Å². The number of benzene rings is 1. The number of carbonyl (C=O) groups excluding carboxylic acids is 1. The first-order valence-corrected chi connectivity index (χ1v) is 9.15. The summed E-state index contributed by atoms with van der Waals surface area (Å²) in [6, 6.07) is 6.37. The number of fused-ring (bicyclic) bond motifs is 1. The first kappa shape index (κ1) is 17.4. The minimum absolute atomic E-state index is 0.0771. The van der Waals surface area contributed by atoms with E-state index in [4.69, 9.17) is 5.73 Å². The summed E-state index contributed by atoms with van der Waals surface area (Å²) in [6.07, 6.45) is 5.57. The molecule has 2 aromatic heterocycles. The van der Waals surface area contributed by atoms with Crippen molar-refractivity contribution in [3.63, 3.8) is 0 Å². The van der Waals surface area contributed by atoms with Crippen LogP contribution in [0.4, 0.5) is 4.39 Å². The van der Waals surface area contributed by atoms with Gasteiger partial charge in [0, 0.05) is 12.1 Å². The molecule has 140 valence electrons. The largest absolute Gasteiger partial charge is 0.369 e. The fourth-order valence-electron chi connectivity index (χ4n) is 3.59. The second kappa shape index (κ2) is 7.30. The highest BCUT2D eigenvalue weighted by Gasteiger charge is 2.19. The third-order valence-corrected chi connectivity index (χ3v) is 4.86. The van der Waals surface area contributed by atoms with E-state index in [1.807, 2.05) is 0 Å². The number of rotatable bonds is 6. The molecule has 0 atom stereocenters. The van der Waals surface area contributed by atoms with Crippen LogP contribution in [0.5, 0.6) is 0 Å². The van der Waals surface area contributed by atoms with Crippen molar-refractivity contribution in [3.8, 4) is 5.69 Å². The van der Waals surface area contributed by atoms with Crippen LogP contribution in [0.1, 0.15) is 41.4 Å². The minimum Gasteiger partial charge on any atom is -0.369 e. The lowest BCUT2D eigenvalue weighted by molar-refractivity contribution is -0.117. The average Bonchev–Trinajstić information content (AvgIpc) is 3.24. The molecule has 0 saturated heterocycles. The van der Waals surface area contributed by atoms with Crippen LogP contribution in [0.15, 0.2) is 24.3 Å². The number of amides is 1. The molecule has 0 bridgehead atoms. The van der Waals surface area contributed by atoms with Gasteiger partial charge in [0.15, 0.2) is 5.82 Å². The Balaban J connectivity index is 1.63. The van der Waals surface area contributed by atoms with E-state index in [0.29, 0.717) is 30.2 Å². The Labute approximate surface area is 155 Å². The van der Waals surface area contributed by atoms with Crippen LogP contribution < -0.4 is 5.73 Å². The third-order valence-electron chi connectivity index (χ3n) is 4.86. The molecule has 4 rings (SSSR count). The number of aromatic nitrogens is 5. The number of aromatic amines is 1. The standard InChI is InChI=1S/C19H21FN6O/c20-13-6-2-4-8-16(13)26-19(22-18(25-26)11-17(21)27)10-9-15-12-5-1-3-7-14(12)23-24-15/h2,4,6,8H,1,3,5,7,9-11H2,(H2,21,27)(H,23,24). The van der Waals surface area contributed by atoms with Gasteiger partial charge in [-0.25, -0.2) is 14.1 Å². The second-order valence-corrected chi connectivity index (χ2v) is 6.79. The molecular formula is C19H21FN6O. The van der Waals surface area contributed by atoms with Crippen LogP contribution in [0, 0.1) is 5.82 Å². The predicted octanol–water partition coefficient (Wildman–Crippen LogP) is 1.82. The van der Waals surface area contributed by atoms with Crippen LogP contribution >= 0.6 is 0 Å². The van der Waals surface area contributed by atoms with Gasteiger partial charge < -0.3 is 5.73 Å². The number of carbonyl (C=O) groups is 1. The van der Waals surface area contributed by atoms with Crippen LogP contribution in [0.25, 0.3) is 5.69 Å². The van der Waals surface area contributed by atoms with Crippen molar-refractivity contribution in [2.75, 3.05) is 0 Å². The molecule has 1 aromatic carbocycles. The smallest absolute Gasteiger partial charge is 0.225 e. The summed E-state index contributed by atoms with van der Waals surface area (Å²) >= 11 is 0. The molecular weight excluding hydrogens is 347 g/mol. The number of H-pyrrole nitrogens is 1. The van der Waals surface area contributed by atoms with Gasteiger partial charge in [-0.2, -0.15) is 10.2 Å². The molecule has 2 heterocycles. The van der Waals surface area contributed by atoms with Gasteiger partial charge in [-0.15, -0.1) is 0 Å². The lowest BCUT2D eigenvalue weighted by atomic mass is 9.94. The highest BCUT2D eigenvalue weighted by atomic mass is 19.1.